The summed E-state index contributed by atoms with van der Waals surface area (Å²) in [5.41, 5.74) is 2.97. The second-order valence-corrected chi connectivity index (χ2v) is 9.04. The minimum absolute atomic E-state index is 0.139. The molecular weight excluding hydrogens is 457 g/mol. The summed E-state index contributed by atoms with van der Waals surface area (Å²) in [5.74, 6) is 1.90. The van der Waals surface area contributed by atoms with Crippen LogP contribution in [0.4, 0.5) is 4.39 Å². The molecule has 1 saturated carbocycles. The quantitative estimate of drug-likeness (QED) is 0.288. The number of carbonyl (C=O) groups is 1. The van der Waals surface area contributed by atoms with Gasteiger partial charge in [0.15, 0.2) is 0 Å². The number of aromatic nitrogens is 2. The number of hydrogen-bond acceptors (Lipinski definition) is 4. The number of halogens is 1. The van der Waals surface area contributed by atoms with Gasteiger partial charge in [-0.2, -0.15) is 5.10 Å². The Kier molecular flexibility index (Phi) is 6.71. The summed E-state index contributed by atoms with van der Waals surface area (Å²) in [4.78, 5) is 15.4. The molecule has 1 amide bonds. The summed E-state index contributed by atoms with van der Waals surface area (Å²) < 4.78 is 26.8. The number of ether oxygens (including phenoxy) is 2. The topological polar surface area (TPSA) is 56.6 Å². The molecule has 0 unspecified atom stereocenters. The van der Waals surface area contributed by atoms with Gasteiger partial charge in [0.2, 0.25) is 5.88 Å². The molecule has 0 bridgehead atoms. The van der Waals surface area contributed by atoms with Crippen LogP contribution in [-0.4, -0.2) is 34.2 Å². The van der Waals surface area contributed by atoms with Gasteiger partial charge in [0.25, 0.3) is 5.91 Å². The van der Waals surface area contributed by atoms with Crippen molar-refractivity contribution >= 4 is 5.91 Å². The molecule has 1 fully saturated rings. The SMILES string of the molecule is COc1ccc(Oc2c(CN(CC3CC3)C(=O)c3ccc(F)cc3)c(-c3ccccc3)nn2C)cc1. The Morgan fingerprint density at radius 2 is 1.67 bits per heavy atom. The standard InChI is InChI=1S/C29H28FN3O3/c1-32-29(36-25-16-14-24(35-2)15-17-25)26(27(31-32)21-6-4-3-5-7-21)19-33(18-20-8-9-20)28(34)22-10-12-23(30)13-11-22/h3-7,10-17,20H,8-9,18-19H2,1-2H3. The Labute approximate surface area is 209 Å². The van der Waals surface area contributed by atoms with Crippen molar-refractivity contribution in [1.29, 1.82) is 0 Å². The second kappa shape index (κ2) is 10.2. The number of hydrogen-bond donors (Lipinski definition) is 0. The Morgan fingerprint density at radius 1 is 1.00 bits per heavy atom. The zero-order valence-corrected chi connectivity index (χ0v) is 20.4. The number of benzene rings is 3. The highest BCUT2D eigenvalue weighted by Crippen LogP contribution is 2.36. The van der Waals surface area contributed by atoms with E-state index in [9.17, 15) is 9.18 Å². The maximum atomic E-state index is 13.5. The van der Waals surface area contributed by atoms with Gasteiger partial charge in [0, 0.05) is 24.7 Å². The molecule has 0 saturated heterocycles. The monoisotopic (exact) mass is 485 g/mol. The van der Waals surface area contributed by atoms with E-state index in [2.05, 4.69) is 0 Å². The van der Waals surface area contributed by atoms with E-state index in [1.807, 2.05) is 66.5 Å². The summed E-state index contributed by atoms with van der Waals surface area (Å²) >= 11 is 0. The van der Waals surface area contributed by atoms with Crippen molar-refractivity contribution in [3.8, 4) is 28.6 Å². The largest absolute Gasteiger partial charge is 0.497 e. The van der Waals surface area contributed by atoms with Gasteiger partial charge in [0.05, 0.1) is 19.2 Å². The average Bonchev–Trinajstić information content (AvgIpc) is 3.68. The first kappa shape index (κ1) is 23.6. The zero-order chi connectivity index (χ0) is 25.1. The summed E-state index contributed by atoms with van der Waals surface area (Å²) in [6, 6.07) is 22.9. The molecule has 0 atom stereocenters. The molecule has 1 aromatic heterocycles. The molecule has 184 valence electrons. The van der Waals surface area contributed by atoms with Gasteiger partial charge in [-0.3, -0.25) is 4.79 Å². The van der Waals surface area contributed by atoms with E-state index in [0.717, 1.165) is 35.4 Å². The number of amides is 1. The number of methoxy groups -OCH3 is 1. The first-order chi connectivity index (χ1) is 17.5. The second-order valence-electron chi connectivity index (χ2n) is 9.04. The van der Waals surface area contributed by atoms with E-state index in [1.54, 1.807) is 11.8 Å². The van der Waals surface area contributed by atoms with Crippen molar-refractivity contribution in [2.45, 2.75) is 19.4 Å². The highest BCUT2D eigenvalue weighted by Gasteiger charge is 2.30. The lowest BCUT2D eigenvalue weighted by molar-refractivity contribution is 0.0734. The summed E-state index contributed by atoms with van der Waals surface area (Å²) in [7, 11) is 3.45. The van der Waals surface area contributed by atoms with E-state index >= 15 is 0 Å². The van der Waals surface area contributed by atoms with Crippen LogP contribution in [0.3, 0.4) is 0 Å². The van der Waals surface area contributed by atoms with Crippen LogP contribution < -0.4 is 9.47 Å². The smallest absolute Gasteiger partial charge is 0.254 e. The number of rotatable bonds is 9. The van der Waals surface area contributed by atoms with Crippen molar-refractivity contribution in [3.63, 3.8) is 0 Å². The van der Waals surface area contributed by atoms with Crippen LogP contribution in [-0.2, 0) is 13.6 Å². The number of nitrogens with zero attached hydrogens (tertiary/aromatic N) is 3. The molecule has 3 aromatic carbocycles. The van der Waals surface area contributed by atoms with Crippen molar-refractivity contribution < 1.29 is 18.7 Å². The van der Waals surface area contributed by atoms with Crippen molar-refractivity contribution in [2.75, 3.05) is 13.7 Å². The van der Waals surface area contributed by atoms with E-state index in [1.165, 1.54) is 24.3 Å². The molecule has 0 radical (unpaired) electrons. The lowest BCUT2D eigenvalue weighted by atomic mass is 10.1. The maximum absolute atomic E-state index is 13.5. The Balaban J connectivity index is 1.53. The zero-order valence-electron chi connectivity index (χ0n) is 20.4. The molecule has 1 aliphatic rings. The van der Waals surface area contributed by atoms with Gasteiger partial charge in [-0.1, -0.05) is 30.3 Å². The van der Waals surface area contributed by atoms with Crippen LogP contribution >= 0.6 is 0 Å². The Hall–Kier alpha value is -4.13. The molecule has 5 rings (SSSR count). The van der Waals surface area contributed by atoms with Crippen LogP contribution in [0.5, 0.6) is 17.4 Å². The average molecular weight is 486 g/mol. The van der Waals surface area contributed by atoms with Gasteiger partial charge in [-0.15, -0.1) is 0 Å². The van der Waals surface area contributed by atoms with E-state index in [0.29, 0.717) is 36.2 Å². The summed E-state index contributed by atoms with van der Waals surface area (Å²) in [5, 5.41) is 4.78. The molecule has 7 heteroatoms. The number of aryl methyl sites for hydroxylation is 1. The van der Waals surface area contributed by atoms with Crippen molar-refractivity contribution in [1.82, 2.24) is 14.7 Å². The maximum Gasteiger partial charge on any atom is 0.254 e. The van der Waals surface area contributed by atoms with E-state index in [4.69, 9.17) is 14.6 Å². The fourth-order valence-corrected chi connectivity index (χ4v) is 4.20. The van der Waals surface area contributed by atoms with Crippen LogP contribution in [0.25, 0.3) is 11.3 Å². The minimum Gasteiger partial charge on any atom is -0.497 e. The Bertz CT molecular complexity index is 1330. The van der Waals surface area contributed by atoms with Gasteiger partial charge < -0.3 is 14.4 Å². The van der Waals surface area contributed by atoms with Gasteiger partial charge >= 0.3 is 0 Å². The molecule has 0 spiro atoms. The third-order valence-corrected chi connectivity index (χ3v) is 6.31. The van der Waals surface area contributed by atoms with Gasteiger partial charge in [-0.05, 0) is 67.3 Å². The summed E-state index contributed by atoms with van der Waals surface area (Å²) in [6.07, 6.45) is 2.20. The predicted molar refractivity (Wildman–Crippen MR) is 136 cm³/mol. The number of carbonyl (C=O) groups excluding carboxylic acids is 1. The van der Waals surface area contributed by atoms with Gasteiger partial charge in [0.1, 0.15) is 23.0 Å². The highest BCUT2D eigenvalue weighted by molar-refractivity contribution is 5.94. The molecule has 1 heterocycles. The first-order valence-corrected chi connectivity index (χ1v) is 12.0. The Morgan fingerprint density at radius 3 is 2.31 bits per heavy atom. The fraction of sp³-hybridized carbons (Fsp3) is 0.241. The van der Waals surface area contributed by atoms with Crippen LogP contribution in [0.2, 0.25) is 0 Å². The molecule has 36 heavy (non-hydrogen) atoms. The van der Waals surface area contributed by atoms with Gasteiger partial charge in [-0.25, -0.2) is 9.07 Å². The van der Waals surface area contributed by atoms with Crippen LogP contribution in [0.1, 0.15) is 28.8 Å². The van der Waals surface area contributed by atoms with Crippen LogP contribution in [0, 0.1) is 11.7 Å². The summed E-state index contributed by atoms with van der Waals surface area (Å²) in [6.45, 7) is 0.942. The molecule has 4 aromatic rings. The first-order valence-electron chi connectivity index (χ1n) is 12.0. The highest BCUT2D eigenvalue weighted by atomic mass is 19.1. The molecule has 1 aliphatic carbocycles. The van der Waals surface area contributed by atoms with Crippen molar-refractivity contribution in [3.05, 3.63) is 95.8 Å². The fourth-order valence-electron chi connectivity index (χ4n) is 4.20. The lowest BCUT2D eigenvalue weighted by Crippen LogP contribution is -2.32. The van der Waals surface area contributed by atoms with E-state index < -0.39 is 0 Å². The predicted octanol–water partition coefficient (Wildman–Crippen LogP) is 6.08. The third-order valence-electron chi connectivity index (χ3n) is 6.31. The van der Waals surface area contributed by atoms with Crippen molar-refractivity contribution in [2.24, 2.45) is 13.0 Å². The molecule has 0 N–H and O–H groups in total. The molecule has 0 aliphatic heterocycles. The normalized spacial score (nSPS) is 12.9. The molecular formula is C29H28FN3O3. The molecule has 6 nitrogen and oxygen atoms in total. The van der Waals surface area contributed by atoms with Crippen LogP contribution in [0.15, 0.2) is 78.9 Å². The minimum atomic E-state index is -0.367. The lowest BCUT2D eigenvalue weighted by Gasteiger charge is -2.23. The van der Waals surface area contributed by atoms with E-state index in [-0.39, 0.29) is 11.7 Å². The third kappa shape index (κ3) is 5.25.